The van der Waals surface area contributed by atoms with E-state index in [0.29, 0.717) is 11.4 Å². The van der Waals surface area contributed by atoms with Crippen LogP contribution in [0.5, 0.6) is 5.75 Å². The Kier molecular flexibility index (Phi) is 4.71. The van der Waals surface area contributed by atoms with Gasteiger partial charge < -0.3 is 15.8 Å². The van der Waals surface area contributed by atoms with Crippen molar-refractivity contribution in [3.8, 4) is 5.75 Å². The Balaban J connectivity index is 1.93. The summed E-state index contributed by atoms with van der Waals surface area (Å²) < 4.78 is 5.13. The largest absolute Gasteiger partial charge is 0.423 e. The van der Waals surface area contributed by atoms with Gasteiger partial charge in [-0.25, -0.2) is 9.59 Å². The van der Waals surface area contributed by atoms with Crippen molar-refractivity contribution in [2.45, 2.75) is 0 Å². The van der Waals surface area contributed by atoms with E-state index in [1.165, 1.54) is 6.08 Å². The fraction of sp³-hybridized carbons (Fsp3) is 0. The van der Waals surface area contributed by atoms with Gasteiger partial charge in [0.1, 0.15) is 5.75 Å². The van der Waals surface area contributed by atoms with Gasteiger partial charge in [-0.2, -0.15) is 0 Å². The van der Waals surface area contributed by atoms with Crippen LogP contribution in [0.3, 0.4) is 0 Å². The van der Waals surface area contributed by atoms with Crippen LogP contribution in [-0.4, -0.2) is 12.0 Å². The van der Waals surface area contributed by atoms with Gasteiger partial charge in [0.05, 0.1) is 0 Å². The lowest BCUT2D eigenvalue weighted by molar-refractivity contribution is -0.128. The Morgan fingerprint density at radius 3 is 2.29 bits per heavy atom. The van der Waals surface area contributed by atoms with Crippen LogP contribution in [-0.2, 0) is 4.79 Å². The highest BCUT2D eigenvalue weighted by atomic mass is 16.5. The quantitative estimate of drug-likeness (QED) is 0.514. The molecule has 0 atom stereocenters. The number of primary amides is 1. The lowest BCUT2D eigenvalue weighted by Gasteiger charge is -2.04. The van der Waals surface area contributed by atoms with Gasteiger partial charge >= 0.3 is 12.0 Å². The number of nitrogens with two attached hydrogens (primary N) is 1. The molecule has 0 unspecified atom stereocenters. The number of nitrogens with one attached hydrogen (secondary N) is 1. The molecule has 2 aromatic carbocycles. The lowest BCUT2D eigenvalue weighted by Crippen LogP contribution is -2.19. The number of ether oxygens (including phenoxy) is 1. The molecule has 0 saturated carbocycles. The van der Waals surface area contributed by atoms with E-state index in [4.69, 9.17) is 10.5 Å². The van der Waals surface area contributed by atoms with Crippen LogP contribution in [0.15, 0.2) is 60.7 Å². The third-order valence-electron chi connectivity index (χ3n) is 2.55. The molecule has 5 nitrogen and oxygen atoms in total. The number of amides is 2. The fourth-order valence-electron chi connectivity index (χ4n) is 1.63. The maximum atomic E-state index is 11.6. The number of rotatable bonds is 4. The molecule has 0 bridgehead atoms. The summed E-state index contributed by atoms with van der Waals surface area (Å²) in [6, 6.07) is 15.1. The van der Waals surface area contributed by atoms with E-state index in [9.17, 15) is 9.59 Å². The number of carbonyl (C=O) groups is 2. The number of urea groups is 1. The average Bonchev–Trinajstić information content (AvgIpc) is 2.48. The topological polar surface area (TPSA) is 81.4 Å². The molecule has 0 aliphatic rings. The summed E-state index contributed by atoms with van der Waals surface area (Å²) in [5.41, 5.74) is 6.44. The molecule has 2 rings (SSSR count). The van der Waals surface area contributed by atoms with Crippen molar-refractivity contribution in [3.63, 3.8) is 0 Å². The highest BCUT2D eigenvalue weighted by Crippen LogP contribution is 2.16. The number of hydrogen-bond donors (Lipinski definition) is 2. The Bertz CT molecular complexity index is 649. The maximum Gasteiger partial charge on any atom is 0.336 e. The number of benzene rings is 2. The van der Waals surface area contributed by atoms with E-state index in [1.54, 1.807) is 30.3 Å². The van der Waals surface area contributed by atoms with E-state index >= 15 is 0 Å². The molecule has 3 N–H and O–H groups in total. The minimum Gasteiger partial charge on any atom is -0.423 e. The van der Waals surface area contributed by atoms with E-state index in [0.717, 1.165) is 5.56 Å². The fourth-order valence-corrected chi connectivity index (χ4v) is 1.63. The second kappa shape index (κ2) is 6.91. The third-order valence-corrected chi connectivity index (χ3v) is 2.55. The number of esters is 1. The average molecular weight is 282 g/mol. The Labute approximate surface area is 122 Å². The van der Waals surface area contributed by atoms with Gasteiger partial charge in [0.25, 0.3) is 0 Å². The van der Waals surface area contributed by atoms with Gasteiger partial charge in [-0.05, 0) is 35.9 Å². The van der Waals surface area contributed by atoms with Crippen LogP contribution in [0.25, 0.3) is 6.08 Å². The second-order valence-electron chi connectivity index (χ2n) is 4.18. The van der Waals surface area contributed by atoms with Crippen LogP contribution >= 0.6 is 0 Å². The van der Waals surface area contributed by atoms with Gasteiger partial charge in [0.2, 0.25) is 0 Å². The van der Waals surface area contributed by atoms with Crippen LogP contribution in [0.1, 0.15) is 5.56 Å². The Hall–Kier alpha value is -3.08. The molecule has 21 heavy (non-hydrogen) atoms. The lowest BCUT2D eigenvalue weighted by atomic mass is 10.2. The van der Waals surface area contributed by atoms with E-state index in [-0.39, 0.29) is 0 Å². The normalized spacial score (nSPS) is 10.3. The summed E-state index contributed by atoms with van der Waals surface area (Å²) in [6.07, 6.45) is 3.02. The van der Waals surface area contributed by atoms with Gasteiger partial charge in [0.15, 0.2) is 0 Å². The highest BCUT2D eigenvalue weighted by molar-refractivity contribution is 5.89. The molecule has 2 aromatic rings. The summed E-state index contributed by atoms with van der Waals surface area (Å²) in [7, 11) is 0. The van der Waals surface area contributed by atoms with Crippen molar-refractivity contribution in [2.75, 3.05) is 5.32 Å². The van der Waals surface area contributed by atoms with Crippen LogP contribution in [0.4, 0.5) is 10.5 Å². The third kappa shape index (κ3) is 4.83. The van der Waals surface area contributed by atoms with Crippen LogP contribution < -0.4 is 15.8 Å². The van der Waals surface area contributed by atoms with Crippen molar-refractivity contribution < 1.29 is 14.3 Å². The molecule has 0 aromatic heterocycles. The van der Waals surface area contributed by atoms with Gasteiger partial charge in [-0.1, -0.05) is 30.3 Å². The molecule has 0 spiro atoms. The molecule has 0 heterocycles. The van der Waals surface area contributed by atoms with Crippen molar-refractivity contribution >= 4 is 23.8 Å². The zero-order valence-corrected chi connectivity index (χ0v) is 11.2. The number of anilines is 1. The van der Waals surface area contributed by atoms with Gasteiger partial charge in [-0.15, -0.1) is 0 Å². The minimum absolute atomic E-state index is 0.382. The minimum atomic E-state index is -0.648. The first-order chi connectivity index (χ1) is 10.1. The molecule has 0 saturated heterocycles. The van der Waals surface area contributed by atoms with Crippen molar-refractivity contribution in [1.82, 2.24) is 0 Å². The predicted molar refractivity (Wildman–Crippen MR) is 80.8 cm³/mol. The molecule has 0 aliphatic carbocycles. The molecule has 0 fully saturated rings. The van der Waals surface area contributed by atoms with Crippen LogP contribution in [0.2, 0.25) is 0 Å². The zero-order valence-electron chi connectivity index (χ0n) is 11.2. The first-order valence-electron chi connectivity index (χ1n) is 6.25. The van der Waals surface area contributed by atoms with Crippen molar-refractivity contribution in [2.24, 2.45) is 5.73 Å². The second-order valence-corrected chi connectivity index (χ2v) is 4.18. The first kappa shape index (κ1) is 14.3. The van der Waals surface area contributed by atoms with Gasteiger partial charge in [0, 0.05) is 11.8 Å². The molecule has 5 heteroatoms. The van der Waals surface area contributed by atoms with Gasteiger partial charge in [-0.3, -0.25) is 0 Å². The highest BCUT2D eigenvalue weighted by Gasteiger charge is 2.01. The Morgan fingerprint density at radius 2 is 1.67 bits per heavy atom. The van der Waals surface area contributed by atoms with Crippen molar-refractivity contribution in [3.05, 3.63) is 66.2 Å². The molecule has 106 valence electrons. The molecular formula is C16H14N2O3. The first-order valence-corrected chi connectivity index (χ1v) is 6.25. The summed E-state index contributed by atoms with van der Waals surface area (Å²) in [5.74, 6) is -0.0952. The number of carbonyl (C=O) groups excluding carboxylic acids is 2. The van der Waals surface area contributed by atoms with Crippen LogP contribution in [0, 0.1) is 0 Å². The molecular weight excluding hydrogens is 268 g/mol. The molecule has 2 amide bonds. The monoisotopic (exact) mass is 282 g/mol. The Morgan fingerprint density at radius 1 is 1.00 bits per heavy atom. The van der Waals surface area contributed by atoms with E-state index in [2.05, 4.69) is 5.32 Å². The number of hydrogen-bond acceptors (Lipinski definition) is 3. The molecule has 0 aliphatic heterocycles. The predicted octanol–water partition coefficient (Wildman–Crippen LogP) is 2.80. The SMILES string of the molecule is NC(=O)Nc1ccc(OC(=O)C=Cc2ccccc2)cc1. The van der Waals surface area contributed by atoms with Crippen molar-refractivity contribution in [1.29, 1.82) is 0 Å². The zero-order chi connectivity index (χ0) is 15.1. The summed E-state index contributed by atoms with van der Waals surface area (Å²) in [6.45, 7) is 0. The standard InChI is InChI=1S/C16H14N2O3/c17-16(20)18-13-7-9-14(10-8-13)21-15(19)11-6-12-4-2-1-3-5-12/h1-11H,(H3,17,18,20). The van der Waals surface area contributed by atoms with E-state index < -0.39 is 12.0 Å². The summed E-state index contributed by atoms with van der Waals surface area (Å²) in [4.78, 5) is 22.3. The molecule has 0 radical (unpaired) electrons. The summed E-state index contributed by atoms with van der Waals surface area (Å²) in [5, 5.41) is 2.42. The van der Waals surface area contributed by atoms with E-state index in [1.807, 2.05) is 30.3 Å². The summed E-state index contributed by atoms with van der Waals surface area (Å²) >= 11 is 0. The smallest absolute Gasteiger partial charge is 0.336 e. The maximum absolute atomic E-state index is 11.6.